The molecule has 2 amide bonds. The number of aromatic nitrogens is 2. The summed E-state index contributed by atoms with van der Waals surface area (Å²) in [5.74, 6) is -0.107. The van der Waals surface area contributed by atoms with Gasteiger partial charge in [-0.3, -0.25) is 9.59 Å². The standard InChI is InChI=1S/C35H30N4O4.H2S/c1-35-32(42-3)25(37(2)34(41)19-11-5-4-6-12-19)17-26(43-35)38-23-15-9-7-13-20(23)28-29-22(18-36-33(29)40)27-21-14-8-10-16-24(21)39(35)31(27)30(28)38;/h4-16,25-26,32H,17-18H2,1-3H3,(H,36,40);1H2/t25?,26?,32-,35?;/m1./s1. The van der Waals surface area contributed by atoms with Crippen LogP contribution in [0.2, 0.25) is 0 Å². The third-order valence-electron chi connectivity index (χ3n) is 10.0. The summed E-state index contributed by atoms with van der Waals surface area (Å²) >= 11 is 0. The molecule has 4 atom stereocenters. The number of hydrogen-bond donors (Lipinski definition) is 1. The van der Waals surface area contributed by atoms with E-state index in [0.29, 0.717) is 18.5 Å². The summed E-state index contributed by atoms with van der Waals surface area (Å²) in [6.45, 7) is 2.56. The number of nitrogens with one attached hydrogen (secondary N) is 1. The highest BCUT2D eigenvalue weighted by Gasteiger charge is 2.55. The van der Waals surface area contributed by atoms with Crippen LogP contribution in [0.1, 0.15) is 45.9 Å². The molecular weight excluding hydrogens is 572 g/mol. The topological polar surface area (TPSA) is 77.7 Å². The minimum Gasteiger partial charge on any atom is -0.374 e. The van der Waals surface area contributed by atoms with E-state index in [1.54, 1.807) is 7.11 Å². The van der Waals surface area contributed by atoms with Gasteiger partial charge < -0.3 is 28.8 Å². The average molecular weight is 605 g/mol. The molecule has 2 bridgehead atoms. The molecule has 0 aliphatic carbocycles. The van der Waals surface area contributed by atoms with Crippen molar-refractivity contribution in [2.24, 2.45) is 0 Å². The van der Waals surface area contributed by atoms with E-state index in [2.05, 4.69) is 45.6 Å². The number of carbonyl (C=O) groups is 2. The first kappa shape index (κ1) is 27.3. The summed E-state index contributed by atoms with van der Waals surface area (Å²) in [6.07, 6.45) is -0.386. The van der Waals surface area contributed by atoms with Gasteiger partial charge in [0.2, 0.25) is 0 Å². The van der Waals surface area contributed by atoms with Gasteiger partial charge in [0.25, 0.3) is 11.8 Å². The summed E-state index contributed by atoms with van der Waals surface area (Å²) in [5, 5.41) is 7.24. The van der Waals surface area contributed by atoms with Gasteiger partial charge in [-0.1, -0.05) is 54.6 Å². The average Bonchev–Trinajstić information content (AvgIpc) is 3.68. The van der Waals surface area contributed by atoms with Crippen molar-refractivity contribution in [3.63, 3.8) is 0 Å². The Bertz CT molecular complexity index is 2190. The van der Waals surface area contributed by atoms with Crippen LogP contribution in [0.4, 0.5) is 0 Å². The number of benzene rings is 4. The zero-order valence-electron chi connectivity index (χ0n) is 24.6. The maximum Gasteiger partial charge on any atom is 0.253 e. The summed E-state index contributed by atoms with van der Waals surface area (Å²) < 4.78 is 18.1. The Morgan fingerprint density at radius 2 is 1.61 bits per heavy atom. The van der Waals surface area contributed by atoms with Crippen molar-refractivity contribution >= 4 is 68.9 Å². The van der Waals surface area contributed by atoms with Gasteiger partial charge in [0.05, 0.1) is 33.7 Å². The molecule has 3 unspecified atom stereocenters. The highest BCUT2D eigenvalue weighted by Crippen LogP contribution is 2.54. The van der Waals surface area contributed by atoms with E-state index >= 15 is 0 Å². The molecule has 9 heteroatoms. The minimum atomic E-state index is -0.980. The molecule has 1 saturated heterocycles. The van der Waals surface area contributed by atoms with Crippen molar-refractivity contribution in [3.05, 3.63) is 95.6 Å². The highest BCUT2D eigenvalue weighted by atomic mass is 32.1. The first-order chi connectivity index (χ1) is 20.9. The quantitative estimate of drug-likeness (QED) is 0.268. The number of carbonyl (C=O) groups excluding carboxylic acids is 2. The molecule has 1 fully saturated rings. The number of fused-ring (bicyclic) bond motifs is 13. The normalized spacial score (nSPS) is 23.6. The Balaban J connectivity index is 0.00000289. The molecule has 2 aromatic heterocycles. The molecule has 222 valence electrons. The van der Waals surface area contributed by atoms with Crippen LogP contribution in [0.25, 0.3) is 43.6 Å². The zero-order valence-corrected chi connectivity index (χ0v) is 25.6. The number of rotatable bonds is 3. The Morgan fingerprint density at radius 3 is 2.34 bits per heavy atom. The van der Waals surface area contributed by atoms with Gasteiger partial charge in [0.1, 0.15) is 12.3 Å². The van der Waals surface area contributed by atoms with E-state index < -0.39 is 18.1 Å². The first-order valence-electron chi connectivity index (χ1n) is 14.8. The number of para-hydroxylation sites is 2. The second-order valence-electron chi connectivity index (χ2n) is 12.1. The lowest BCUT2D eigenvalue weighted by molar-refractivity contribution is -0.264. The third kappa shape index (κ3) is 3.21. The van der Waals surface area contributed by atoms with Crippen LogP contribution >= 0.6 is 13.5 Å². The van der Waals surface area contributed by atoms with Crippen LogP contribution in [-0.4, -0.2) is 52.2 Å². The van der Waals surface area contributed by atoms with E-state index in [1.807, 2.05) is 66.5 Å². The van der Waals surface area contributed by atoms with Gasteiger partial charge in [0.15, 0.2) is 5.72 Å². The molecule has 0 saturated carbocycles. The monoisotopic (exact) mass is 604 g/mol. The zero-order chi connectivity index (χ0) is 29.2. The van der Waals surface area contributed by atoms with Crippen LogP contribution in [0.5, 0.6) is 0 Å². The fraction of sp³-hybridized carbons (Fsp3) is 0.257. The van der Waals surface area contributed by atoms with Crippen molar-refractivity contribution in [1.29, 1.82) is 0 Å². The molecule has 44 heavy (non-hydrogen) atoms. The Hall–Kier alpha value is -4.31. The molecule has 3 aliphatic heterocycles. The molecule has 1 N–H and O–H groups in total. The SMILES string of the molecule is CO[C@@H]1C(N(C)C(=O)c2ccccc2)CC2OC1(C)n1c3ccccc3c3c4c(c5c6ccccc6n2c5c31)C(=O)NC4.S. The van der Waals surface area contributed by atoms with Crippen molar-refractivity contribution in [2.45, 2.75) is 44.0 Å². The lowest BCUT2D eigenvalue weighted by Gasteiger charge is -2.50. The number of ether oxygens (including phenoxy) is 2. The number of hydrogen-bond acceptors (Lipinski definition) is 4. The van der Waals surface area contributed by atoms with Crippen molar-refractivity contribution < 1.29 is 19.1 Å². The van der Waals surface area contributed by atoms with Gasteiger partial charge in [-0.2, -0.15) is 13.5 Å². The van der Waals surface area contributed by atoms with Gasteiger partial charge in [-0.25, -0.2) is 0 Å². The highest BCUT2D eigenvalue weighted by molar-refractivity contribution is 7.59. The van der Waals surface area contributed by atoms with E-state index in [-0.39, 0.29) is 31.4 Å². The molecular formula is C35H32N4O4S. The van der Waals surface area contributed by atoms with Gasteiger partial charge in [0, 0.05) is 54.2 Å². The van der Waals surface area contributed by atoms with E-state index in [1.165, 1.54) is 0 Å². The molecule has 0 spiro atoms. The predicted molar refractivity (Wildman–Crippen MR) is 176 cm³/mol. The summed E-state index contributed by atoms with van der Waals surface area (Å²) in [6, 6.07) is 25.7. The Kier molecular flexibility index (Phi) is 5.79. The van der Waals surface area contributed by atoms with Crippen molar-refractivity contribution in [2.75, 3.05) is 14.2 Å². The number of likely N-dealkylation sites (N-methyl/N-ethyl adjacent to an activating group) is 1. The second-order valence-corrected chi connectivity index (χ2v) is 12.1. The predicted octanol–water partition coefficient (Wildman–Crippen LogP) is 6.02. The smallest absolute Gasteiger partial charge is 0.253 e. The fourth-order valence-electron chi connectivity index (χ4n) is 8.33. The first-order valence-corrected chi connectivity index (χ1v) is 14.8. The molecule has 5 heterocycles. The third-order valence-corrected chi connectivity index (χ3v) is 10.0. The fourth-order valence-corrected chi connectivity index (χ4v) is 8.33. The summed E-state index contributed by atoms with van der Waals surface area (Å²) in [7, 11) is 3.57. The Labute approximate surface area is 260 Å². The van der Waals surface area contributed by atoms with Crippen LogP contribution in [-0.2, 0) is 21.7 Å². The number of nitrogens with zero attached hydrogens (tertiary/aromatic N) is 3. The van der Waals surface area contributed by atoms with Gasteiger partial charge >= 0.3 is 0 Å². The molecule has 8 nitrogen and oxygen atoms in total. The number of methoxy groups -OCH3 is 1. The lowest BCUT2D eigenvalue weighted by atomic mass is 9.91. The van der Waals surface area contributed by atoms with E-state index in [0.717, 1.165) is 54.7 Å². The van der Waals surface area contributed by atoms with Crippen molar-refractivity contribution in [3.8, 4) is 0 Å². The van der Waals surface area contributed by atoms with Gasteiger partial charge in [-0.15, -0.1) is 0 Å². The molecule has 0 radical (unpaired) electrons. The van der Waals surface area contributed by atoms with Gasteiger partial charge in [-0.05, 0) is 36.8 Å². The van der Waals surface area contributed by atoms with Crippen LogP contribution in [0.15, 0.2) is 78.9 Å². The maximum absolute atomic E-state index is 13.9. The van der Waals surface area contributed by atoms with E-state index in [4.69, 9.17) is 9.47 Å². The summed E-state index contributed by atoms with van der Waals surface area (Å²) in [5.41, 5.74) is 5.46. The van der Waals surface area contributed by atoms with Crippen LogP contribution in [0.3, 0.4) is 0 Å². The Morgan fingerprint density at radius 1 is 0.955 bits per heavy atom. The maximum atomic E-state index is 13.9. The number of amides is 2. The molecule has 9 rings (SSSR count). The van der Waals surface area contributed by atoms with Crippen molar-refractivity contribution in [1.82, 2.24) is 19.4 Å². The molecule has 4 aromatic carbocycles. The minimum absolute atomic E-state index is 0. The largest absolute Gasteiger partial charge is 0.374 e. The molecule has 3 aliphatic rings. The van der Waals surface area contributed by atoms with E-state index in [9.17, 15) is 9.59 Å². The lowest BCUT2D eigenvalue weighted by Crippen LogP contribution is -2.61. The van der Waals surface area contributed by atoms with Crippen LogP contribution < -0.4 is 5.32 Å². The molecule has 6 aromatic rings. The van der Waals surface area contributed by atoms with Crippen LogP contribution in [0, 0.1) is 0 Å². The second kappa shape index (κ2) is 9.34. The summed E-state index contributed by atoms with van der Waals surface area (Å²) in [4.78, 5) is 29.2.